The lowest BCUT2D eigenvalue weighted by molar-refractivity contribution is -0.384. The van der Waals surface area contributed by atoms with Gasteiger partial charge < -0.3 is 10.1 Å². The second kappa shape index (κ2) is 9.58. The van der Waals surface area contributed by atoms with Crippen molar-refractivity contribution in [3.63, 3.8) is 0 Å². The second-order valence-corrected chi connectivity index (χ2v) is 8.43. The molecule has 0 aliphatic rings. The number of carbonyl (C=O) groups excluding carboxylic acids is 2. The van der Waals surface area contributed by atoms with Crippen LogP contribution in [0.3, 0.4) is 0 Å². The summed E-state index contributed by atoms with van der Waals surface area (Å²) in [5.74, 6) is -1.69. The highest BCUT2D eigenvalue weighted by molar-refractivity contribution is 9.10. The monoisotopic (exact) mass is 485 g/mol. The lowest BCUT2D eigenvalue weighted by atomic mass is 10.2. The van der Waals surface area contributed by atoms with E-state index in [0.29, 0.717) is 10.0 Å². The Morgan fingerprint density at radius 2 is 1.93 bits per heavy atom. The molecule has 0 saturated heterocycles. The molecule has 0 aliphatic carbocycles. The number of benzene rings is 2. The van der Waals surface area contributed by atoms with Gasteiger partial charge in [-0.3, -0.25) is 19.7 Å². The maximum atomic E-state index is 12.1. The van der Waals surface area contributed by atoms with E-state index in [1.807, 2.05) is 0 Å². The summed E-state index contributed by atoms with van der Waals surface area (Å²) in [4.78, 5) is 33.8. The number of nitrogens with one attached hydrogen (secondary N) is 2. The van der Waals surface area contributed by atoms with Gasteiger partial charge in [0, 0.05) is 16.6 Å². The quantitative estimate of drug-likeness (QED) is 0.330. The summed E-state index contributed by atoms with van der Waals surface area (Å²) in [5, 5.41) is 13.2. The molecular weight excluding hydrogens is 470 g/mol. The van der Waals surface area contributed by atoms with E-state index in [-0.39, 0.29) is 16.3 Å². The molecule has 2 rings (SSSR count). The van der Waals surface area contributed by atoms with Gasteiger partial charge >= 0.3 is 5.97 Å². The van der Waals surface area contributed by atoms with Gasteiger partial charge in [-0.2, -0.15) is 4.72 Å². The number of esters is 1. The molecule has 0 saturated carbocycles. The number of sulfonamides is 1. The van der Waals surface area contributed by atoms with Gasteiger partial charge in [0.05, 0.1) is 15.5 Å². The standard InChI is InChI=1S/C17H16BrN3O7S/c1-11-5-6-13(21(24)25)8-15(11)20-16(22)10-28-17(23)9-19-29(26,27)14-4-2-3-12(18)7-14/h2-8,19H,9-10H2,1H3,(H,20,22). The molecule has 0 aromatic heterocycles. The normalized spacial score (nSPS) is 11.0. The van der Waals surface area contributed by atoms with Crippen LogP contribution in [0.2, 0.25) is 0 Å². The first-order valence-corrected chi connectivity index (χ1v) is 10.3. The summed E-state index contributed by atoms with van der Waals surface area (Å²) in [6, 6.07) is 9.84. The number of hydrogen-bond acceptors (Lipinski definition) is 7. The predicted molar refractivity (Wildman–Crippen MR) is 107 cm³/mol. The zero-order chi connectivity index (χ0) is 21.6. The number of ether oxygens (including phenoxy) is 1. The summed E-state index contributed by atoms with van der Waals surface area (Å²) >= 11 is 3.15. The number of aryl methyl sites for hydroxylation is 1. The third-order valence-corrected chi connectivity index (χ3v) is 5.48. The predicted octanol–water partition coefficient (Wildman–Crippen LogP) is 2.13. The average molecular weight is 486 g/mol. The van der Waals surface area contributed by atoms with Crippen LogP contribution in [0.15, 0.2) is 51.8 Å². The number of halogens is 1. The van der Waals surface area contributed by atoms with Crippen molar-refractivity contribution in [2.75, 3.05) is 18.5 Å². The Morgan fingerprint density at radius 3 is 2.59 bits per heavy atom. The third-order valence-electron chi connectivity index (χ3n) is 3.58. The van der Waals surface area contributed by atoms with E-state index in [1.165, 1.54) is 36.4 Å². The summed E-state index contributed by atoms with van der Waals surface area (Å²) in [6.45, 7) is 0.291. The van der Waals surface area contributed by atoms with E-state index >= 15 is 0 Å². The van der Waals surface area contributed by atoms with Crippen LogP contribution in [0.5, 0.6) is 0 Å². The molecule has 10 nitrogen and oxygen atoms in total. The van der Waals surface area contributed by atoms with Gasteiger partial charge in [0.15, 0.2) is 6.61 Å². The second-order valence-electron chi connectivity index (χ2n) is 5.75. The van der Waals surface area contributed by atoms with Gasteiger partial charge in [0.1, 0.15) is 6.54 Å². The number of nitrogens with zero attached hydrogens (tertiary/aromatic N) is 1. The van der Waals surface area contributed by atoms with Gasteiger partial charge in [-0.25, -0.2) is 8.42 Å². The van der Waals surface area contributed by atoms with Crippen LogP contribution < -0.4 is 10.0 Å². The van der Waals surface area contributed by atoms with Gasteiger partial charge in [-0.15, -0.1) is 0 Å². The molecule has 0 spiro atoms. The molecule has 0 unspecified atom stereocenters. The van der Waals surface area contributed by atoms with Crippen LogP contribution in [-0.2, 0) is 24.3 Å². The van der Waals surface area contributed by atoms with Gasteiger partial charge in [0.25, 0.3) is 11.6 Å². The van der Waals surface area contributed by atoms with Crippen molar-refractivity contribution < 1.29 is 27.7 Å². The first kappa shape index (κ1) is 22.5. The Morgan fingerprint density at radius 1 is 1.21 bits per heavy atom. The highest BCUT2D eigenvalue weighted by atomic mass is 79.9. The molecular formula is C17H16BrN3O7S. The molecule has 2 aromatic carbocycles. The number of amides is 1. The first-order valence-electron chi connectivity index (χ1n) is 8.04. The summed E-state index contributed by atoms with van der Waals surface area (Å²) in [6.07, 6.45) is 0. The van der Waals surface area contributed by atoms with E-state index in [0.717, 1.165) is 0 Å². The zero-order valence-electron chi connectivity index (χ0n) is 15.0. The molecule has 12 heteroatoms. The SMILES string of the molecule is Cc1ccc([N+](=O)[O-])cc1NC(=O)COC(=O)CNS(=O)(=O)c1cccc(Br)c1. The topological polar surface area (TPSA) is 145 Å². The molecule has 1 amide bonds. The number of non-ortho nitro benzene ring substituents is 1. The molecule has 2 aromatic rings. The molecule has 0 fully saturated rings. The first-order chi connectivity index (χ1) is 13.6. The van der Waals surface area contributed by atoms with E-state index in [2.05, 4.69) is 26.0 Å². The molecule has 0 aliphatic heterocycles. The number of hydrogen-bond donors (Lipinski definition) is 2. The molecule has 154 valence electrons. The Labute approximate surface area is 174 Å². The van der Waals surface area contributed by atoms with E-state index < -0.39 is 40.0 Å². The Bertz CT molecular complexity index is 1060. The van der Waals surface area contributed by atoms with Crippen molar-refractivity contribution >= 4 is 49.2 Å². The smallest absolute Gasteiger partial charge is 0.321 e. The van der Waals surface area contributed by atoms with Crippen molar-refractivity contribution in [3.8, 4) is 0 Å². The highest BCUT2D eigenvalue weighted by Crippen LogP contribution is 2.21. The van der Waals surface area contributed by atoms with Crippen LogP contribution in [0, 0.1) is 17.0 Å². The Hall–Kier alpha value is -2.83. The maximum absolute atomic E-state index is 12.1. The number of carbonyl (C=O) groups is 2. The number of anilines is 1. The number of nitro groups is 1. The fourth-order valence-electron chi connectivity index (χ4n) is 2.11. The molecule has 2 N–H and O–H groups in total. The Kier molecular flexibility index (Phi) is 7.42. The van der Waals surface area contributed by atoms with Crippen molar-refractivity contribution in [2.45, 2.75) is 11.8 Å². The fourth-order valence-corrected chi connectivity index (χ4v) is 3.68. The van der Waals surface area contributed by atoms with E-state index in [1.54, 1.807) is 13.0 Å². The zero-order valence-corrected chi connectivity index (χ0v) is 17.4. The van der Waals surface area contributed by atoms with Crippen LogP contribution in [0.25, 0.3) is 0 Å². The molecule has 0 radical (unpaired) electrons. The van der Waals surface area contributed by atoms with Gasteiger partial charge in [0.2, 0.25) is 10.0 Å². The molecule has 0 atom stereocenters. The maximum Gasteiger partial charge on any atom is 0.321 e. The minimum absolute atomic E-state index is 0.0430. The summed E-state index contributed by atoms with van der Waals surface area (Å²) in [7, 11) is -3.93. The fraction of sp³-hybridized carbons (Fsp3) is 0.176. The number of rotatable bonds is 8. The van der Waals surface area contributed by atoms with Crippen molar-refractivity contribution in [1.82, 2.24) is 4.72 Å². The van der Waals surface area contributed by atoms with Crippen molar-refractivity contribution in [1.29, 1.82) is 0 Å². The van der Waals surface area contributed by atoms with Gasteiger partial charge in [-0.05, 0) is 30.7 Å². The summed E-state index contributed by atoms with van der Waals surface area (Å²) < 4.78 is 31.6. The summed E-state index contributed by atoms with van der Waals surface area (Å²) in [5.41, 5.74) is 0.581. The molecule has 29 heavy (non-hydrogen) atoms. The third kappa shape index (κ3) is 6.62. The lowest BCUT2D eigenvalue weighted by Gasteiger charge is -2.10. The number of nitro benzene ring substituents is 1. The van der Waals surface area contributed by atoms with Gasteiger partial charge in [-0.1, -0.05) is 28.1 Å². The minimum atomic E-state index is -3.93. The molecule has 0 bridgehead atoms. The lowest BCUT2D eigenvalue weighted by Crippen LogP contribution is -2.32. The van der Waals surface area contributed by atoms with Crippen molar-refractivity contribution in [3.05, 3.63) is 62.6 Å². The van der Waals surface area contributed by atoms with Crippen LogP contribution in [-0.4, -0.2) is 38.4 Å². The van der Waals surface area contributed by atoms with Crippen LogP contribution in [0.4, 0.5) is 11.4 Å². The van der Waals surface area contributed by atoms with Crippen molar-refractivity contribution in [2.24, 2.45) is 0 Å². The highest BCUT2D eigenvalue weighted by Gasteiger charge is 2.17. The van der Waals surface area contributed by atoms with E-state index in [9.17, 15) is 28.1 Å². The van der Waals surface area contributed by atoms with Crippen LogP contribution >= 0.6 is 15.9 Å². The molecule has 0 heterocycles. The van der Waals surface area contributed by atoms with E-state index in [4.69, 9.17) is 4.74 Å². The minimum Gasteiger partial charge on any atom is -0.455 e. The largest absolute Gasteiger partial charge is 0.455 e. The van der Waals surface area contributed by atoms with Crippen LogP contribution in [0.1, 0.15) is 5.56 Å². The average Bonchev–Trinajstić information content (AvgIpc) is 2.66. The Balaban J connectivity index is 1.87.